The number of para-hydroxylation sites is 6. The number of thiophene rings is 1. The van der Waals surface area contributed by atoms with Gasteiger partial charge in [-0.05, 0) is 121 Å². The molecule has 0 atom stereocenters. The number of nitrogens with zero attached hydrogens (tertiary/aromatic N) is 5. The van der Waals surface area contributed by atoms with Crippen molar-refractivity contribution < 1.29 is 0 Å². The molecule has 0 N–H and O–H groups in total. The summed E-state index contributed by atoms with van der Waals surface area (Å²) in [5.41, 5.74) is 17.6. The van der Waals surface area contributed by atoms with Gasteiger partial charge in [-0.25, -0.2) is 0 Å². The van der Waals surface area contributed by atoms with Gasteiger partial charge in [-0.1, -0.05) is 140 Å². The molecule has 6 heterocycles. The molecule has 5 nitrogen and oxygen atoms in total. The second-order valence-electron chi connectivity index (χ2n) is 20.8. The van der Waals surface area contributed by atoms with Crippen LogP contribution in [0.4, 0.5) is 0 Å². The monoisotopic (exact) mass is 1010 g/mol. The molecule has 0 aliphatic heterocycles. The van der Waals surface area contributed by atoms with E-state index in [1.165, 1.54) is 135 Å². The van der Waals surface area contributed by atoms with E-state index in [2.05, 4.69) is 284 Å². The smallest absolute Gasteiger partial charge is 0.0641 e. The summed E-state index contributed by atoms with van der Waals surface area (Å²) in [5.74, 6) is 0. The predicted octanol–water partition coefficient (Wildman–Crippen LogP) is 19.5. The maximum absolute atomic E-state index is 2.51. The van der Waals surface area contributed by atoms with Crippen LogP contribution in [0.25, 0.3) is 158 Å². The van der Waals surface area contributed by atoms with Crippen molar-refractivity contribution in [2.75, 3.05) is 0 Å². The van der Waals surface area contributed by atoms with Crippen LogP contribution in [0, 0.1) is 0 Å². The third-order valence-corrected chi connectivity index (χ3v) is 18.0. The normalized spacial score (nSPS) is 12.4. The zero-order valence-electron chi connectivity index (χ0n) is 42.0. The molecule has 78 heavy (non-hydrogen) atoms. The van der Waals surface area contributed by atoms with Gasteiger partial charge in [0.25, 0.3) is 0 Å². The van der Waals surface area contributed by atoms with Gasteiger partial charge in [0.1, 0.15) is 0 Å². The maximum atomic E-state index is 2.51. The van der Waals surface area contributed by atoms with Crippen molar-refractivity contribution >= 4 is 141 Å². The second kappa shape index (κ2) is 15.7. The average molecular weight is 1010 g/mol. The Morgan fingerprint density at radius 1 is 0.192 bits per heavy atom. The number of rotatable bonds is 5. The lowest BCUT2D eigenvalue weighted by atomic mass is 10.1. The summed E-state index contributed by atoms with van der Waals surface area (Å²) in [5, 5.41) is 15.0. The van der Waals surface area contributed by atoms with Gasteiger partial charge in [0.15, 0.2) is 0 Å². The first-order chi connectivity index (χ1) is 38.7. The van der Waals surface area contributed by atoms with Crippen molar-refractivity contribution in [2.24, 2.45) is 0 Å². The summed E-state index contributed by atoms with van der Waals surface area (Å²) in [7, 11) is 0. The Bertz CT molecular complexity index is 5560. The molecule has 0 spiro atoms. The largest absolute Gasteiger partial charge is 0.309 e. The van der Waals surface area contributed by atoms with E-state index >= 15 is 0 Å². The topological polar surface area (TPSA) is 24.6 Å². The minimum Gasteiger partial charge on any atom is -0.309 e. The van der Waals surface area contributed by atoms with E-state index in [4.69, 9.17) is 0 Å². The molecule has 0 radical (unpaired) electrons. The molecule has 0 saturated heterocycles. The molecule has 18 aromatic rings. The lowest BCUT2D eigenvalue weighted by molar-refractivity contribution is 1.15. The molecule has 362 valence electrons. The van der Waals surface area contributed by atoms with Crippen LogP contribution in [0.15, 0.2) is 261 Å². The molecular weight excluding hydrogens is 967 g/mol. The zero-order chi connectivity index (χ0) is 50.7. The number of hydrogen-bond donors (Lipinski definition) is 0. The SMILES string of the molecule is c1ccc(-n2c3ccccc3c3cc(-n4c5ccccc5c5c4ccc4c6ccccc6n(-c6ccc(-n7c8ccccc8c8ccc9c(c%10ccccc%10n9-c9ccc%10sc%11ccccc%11c%10c9)c87)cc6)c45)ccc32)cc1. The maximum Gasteiger partial charge on any atom is 0.0641 e. The lowest BCUT2D eigenvalue weighted by Gasteiger charge is -2.13. The van der Waals surface area contributed by atoms with Crippen molar-refractivity contribution in [2.45, 2.75) is 0 Å². The fourth-order valence-corrected chi connectivity index (χ4v) is 14.8. The molecule has 0 bridgehead atoms. The zero-order valence-corrected chi connectivity index (χ0v) is 42.8. The van der Waals surface area contributed by atoms with Gasteiger partial charge in [-0.2, -0.15) is 0 Å². The highest BCUT2D eigenvalue weighted by atomic mass is 32.1. The Morgan fingerprint density at radius 2 is 0.538 bits per heavy atom. The van der Waals surface area contributed by atoms with Crippen LogP contribution < -0.4 is 0 Å². The van der Waals surface area contributed by atoms with Crippen LogP contribution in [0.1, 0.15) is 0 Å². The van der Waals surface area contributed by atoms with Crippen molar-refractivity contribution in [3.05, 3.63) is 261 Å². The van der Waals surface area contributed by atoms with Crippen LogP contribution in [0.3, 0.4) is 0 Å². The van der Waals surface area contributed by atoms with Crippen LogP contribution in [0.2, 0.25) is 0 Å². The summed E-state index contributed by atoms with van der Waals surface area (Å²) in [6.45, 7) is 0. The molecule has 0 unspecified atom stereocenters. The van der Waals surface area contributed by atoms with Gasteiger partial charge < -0.3 is 22.8 Å². The van der Waals surface area contributed by atoms with Crippen molar-refractivity contribution in [3.8, 4) is 28.4 Å². The van der Waals surface area contributed by atoms with E-state index in [9.17, 15) is 0 Å². The first-order valence-electron chi connectivity index (χ1n) is 26.8. The van der Waals surface area contributed by atoms with Crippen LogP contribution >= 0.6 is 11.3 Å². The van der Waals surface area contributed by atoms with E-state index in [1.807, 2.05) is 11.3 Å². The van der Waals surface area contributed by atoms with Crippen LogP contribution in [-0.4, -0.2) is 22.8 Å². The summed E-state index contributed by atoms with van der Waals surface area (Å²) < 4.78 is 15.0. The van der Waals surface area contributed by atoms with Crippen LogP contribution in [0.5, 0.6) is 0 Å². The van der Waals surface area contributed by atoms with E-state index in [0.29, 0.717) is 0 Å². The highest BCUT2D eigenvalue weighted by molar-refractivity contribution is 7.25. The second-order valence-corrected chi connectivity index (χ2v) is 21.9. The van der Waals surface area contributed by atoms with Gasteiger partial charge in [0.05, 0.1) is 55.2 Å². The first-order valence-corrected chi connectivity index (χ1v) is 27.6. The van der Waals surface area contributed by atoms with Crippen LogP contribution in [-0.2, 0) is 0 Å². The Hall–Kier alpha value is -10.1. The quantitative estimate of drug-likeness (QED) is 0.164. The minimum atomic E-state index is 1.11. The minimum absolute atomic E-state index is 1.11. The third-order valence-electron chi connectivity index (χ3n) is 16.9. The molecule has 0 fully saturated rings. The predicted molar refractivity (Wildman–Crippen MR) is 331 cm³/mol. The molecule has 6 heteroatoms. The van der Waals surface area contributed by atoms with Gasteiger partial charge in [0.2, 0.25) is 0 Å². The fraction of sp³-hybridized carbons (Fsp3) is 0. The van der Waals surface area contributed by atoms with E-state index < -0.39 is 0 Å². The number of hydrogen-bond acceptors (Lipinski definition) is 1. The molecule has 0 aliphatic rings. The highest BCUT2D eigenvalue weighted by Crippen LogP contribution is 2.46. The van der Waals surface area contributed by atoms with E-state index in [-0.39, 0.29) is 0 Å². The third kappa shape index (κ3) is 5.63. The standard InChI is InChI=1S/C72H43N5S/c1-2-16-44(17-3-1)73-59-24-10-6-20-51(59)57-42-47(34-38-64(57)73)74-62-27-13-7-22-55(62)69-65(74)39-36-53-49-18-4-11-25-60(49)76(71(53)69)45-30-32-46(33-31-45)77-61-26-12-5-19-50(61)54-37-40-66-70(72(54)77)56-23-8-14-28-63(56)75(66)48-35-41-68-58(43-48)52-21-9-15-29-67(52)78-68/h1-43H. The van der Waals surface area contributed by atoms with Gasteiger partial charge in [-0.3, -0.25) is 0 Å². The van der Waals surface area contributed by atoms with Crippen molar-refractivity contribution in [1.29, 1.82) is 0 Å². The van der Waals surface area contributed by atoms with E-state index in [0.717, 1.165) is 22.7 Å². The van der Waals surface area contributed by atoms with E-state index in [1.54, 1.807) is 0 Å². The van der Waals surface area contributed by atoms with Gasteiger partial charge in [0, 0.05) is 102 Å². The molecule has 0 saturated carbocycles. The summed E-state index contributed by atoms with van der Waals surface area (Å²) in [6, 6.07) is 96.7. The summed E-state index contributed by atoms with van der Waals surface area (Å²) >= 11 is 1.86. The fourth-order valence-electron chi connectivity index (χ4n) is 13.7. The lowest BCUT2D eigenvalue weighted by Crippen LogP contribution is -1.98. The molecule has 6 aromatic heterocycles. The van der Waals surface area contributed by atoms with Gasteiger partial charge in [-0.15, -0.1) is 11.3 Å². The van der Waals surface area contributed by atoms with Gasteiger partial charge >= 0.3 is 0 Å². The average Bonchev–Trinajstić information content (AvgIpc) is 4.48. The molecule has 12 aromatic carbocycles. The molecule has 0 aliphatic carbocycles. The Balaban J connectivity index is 0.851. The molecule has 0 amide bonds. The Kier molecular flexibility index (Phi) is 8.49. The molecule has 18 rings (SSSR count). The highest BCUT2D eigenvalue weighted by Gasteiger charge is 2.24. The summed E-state index contributed by atoms with van der Waals surface area (Å²) in [4.78, 5) is 0. The molecular formula is C72H43N5S. The number of benzene rings is 12. The summed E-state index contributed by atoms with van der Waals surface area (Å²) in [6.07, 6.45) is 0. The van der Waals surface area contributed by atoms with Crippen molar-refractivity contribution in [1.82, 2.24) is 22.8 Å². The first kappa shape index (κ1) is 42.1. The Labute approximate surface area is 450 Å². The van der Waals surface area contributed by atoms with Crippen molar-refractivity contribution in [3.63, 3.8) is 0 Å². The number of aromatic nitrogens is 5. The Morgan fingerprint density at radius 3 is 1.09 bits per heavy atom. The number of fused-ring (bicyclic) bond motifs is 20.